The van der Waals surface area contributed by atoms with E-state index in [1.165, 1.54) is 54.8 Å². The van der Waals surface area contributed by atoms with Crippen molar-refractivity contribution in [1.29, 1.82) is 0 Å². The van der Waals surface area contributed by atoms with E-state index in [9.17, 15) is 0 Å². The molecule has 3 aromatic rings. The normalized spacial score (nSPS) is 19.4. The molecule has 3 heterocycles. The van der Waals surface area contributed by atoms with Crippen molar-refractivity contribution >= 4 is 11.3 Å². The van der Waals surface area contributed by atoms with Gasteiger partial charge in [0.1, 0.15) is 0 Å². The molecule has 0 bridgehead atoms. The molecule has 1 spiro atoms. The van der Waals surface area contributed by atoms with Crippen LogP contribution in [-0.4, -0.2) is 18.0 Å². The van der Waals surface area contributed by atoms with Gasteiger partial charge in [-0.05, 0) is 78.4 Å². The number of hydrogen-bond donors (Lipinski definition) is 0. The fourth-order valence-corrected chi connectivity index (χ4v) is 5.43. The van der Waals surface area contributed by atoms with Crippen molar-refractivity contribution in [2.24, 2.45) is 0 Å². The zero-order chi connectivity index (χ0) is 16.7. The quantitative estimate of drug-likeness (QED) is 0.622. The van der Waals surface area contributed by atoms with Gasteiger partial charge in [0.15, 0.2) is 0 Å². The second kappa shape index (κ2) is 6.15. The van der Waals surface area contributed by atoms with Crippen molar-refractivity contribution in [2.45, 2.75) is 37.6 Å². The van der Waals surface area contributed by atoms with Gasteiger partial charge < -0.3 is 4.42 Å². The minimum Gasteiger partial charge on any atom is -0.472 e. The number of hydrogen-bond acceptors (Lipinski definition) is 3. The maximum atomic E-state index is 5.28. The highest BCUT2D eigenvalue weighted by Gasteiger charge is 2.41. The zero-order valence-corrected chi connectivity index (χ0v) is 15.2. The summed E-state index contributed by atoms with van der Waals surface area (Å²) in [5, 5.41) is 2.19. The number of benzene rings is 1. The minimum absolute atomic E-state index is 0.404. The molecule has 1 aromatic carbocycles. The lowest BCUT2D eigenvalue weighted by Gasteiger charge is -2.40. The zero-order valence-electron chi connectivity index (χ0n) is 14.4. The summed E-state index contributed by atoms with van der Waals surface area (Å²) in [6.07, 6.45) is 8.77. The Morgan fingerprint density at radius 3 is 2.72 bits per heavy atom. The number of piperidine rings is 1. The third-order valence-electron chi connectivity index (χ3n) is 6.18. The van der Waals surface area contributed by atoms with Crippen LogP contribution in [0.25, 0.3) is 11.1 Å². The van der Waals surface area contributed by atoms with Gasteiger partial charge in [0, 0.05) is 17.0 Å². The van der Waals surface area contributed by atoms with Crippen LogP contribution in [0.2, 0.25) is 0 Å². The molecule has 5 rings (SSSR count). The lowest BCUT2D eigenvalue weighted by Crippen LogP contribution is -2.41. The molecular formula is C22H23NOS. The summed E-state index contributed by atoms with van der Waals surface area (Å²) in [7, 11) is 0. The number of likely N-dealkylation sites (tertiary alicyclic amines) is 1. The lowest BCUT2D eigenvalue weighted by atomic mass is 9.73. The van der Waals surface area contributed by atoms with Gasteiger partial charge in [-0.15, -0.1) is 11.3 Å². The van der Waals surface area contributed by atoms with E-state index in [0.29, 0.717) is 5.41 Å². The van der Waals surface area contributed by atoms with Gasteiger partial charge in [-0.25, -0.2) is 0 Å². The number of rotatable bonds is 3. The van der Waals surface area contributed by atoms with E-state index in [1.54, 1.807) is 17.4 Å². The Morgan fingerprint density at radius 1 is 1.04 bits per heavy atom. The molecule has 0 N–H and O–H groups in total. The highest BCUT2D eigenvalue weighted by atomic mass is 32.1. The van der Waals surface area contributed by atoms with Crippen molar-refractivity contribution in [2.75, 3.05) is 13.1 Å². The first kappa shape index (κ1) is 15.4. The summed E-state index contributed by atoms with van der Waals surface area (Å²) >= 11 is 1.88. The van der Waals surface area contributed by atoms with Gasteiger partial charge >= 0.3 is 0 Å². The van der Waals surface area contributed by atoms with Crippen molar-refractivity contribution in [3.8, 4) is 11.1 Å². The second-order valence-corrected chi connectivity index (χ2v) is 8.55. The van der Waals surface area contributed by atoms with Crippen LogP contribution >= 0.6 is 11.3 Å². The fourth-order valence-electron chi connectivity index (χ4n) is 4.69. The number of furan rings is 1. The SMILES string of the molecule is c1csc(CN2CCC3(CCc4ccc(-c5ccoc5)cc43)CC2)c1. The topological polar surface area (TPSA) is 16.4 Å². The minimum atomic E-state index is 0.404. The Bertz CT molecular complexity index is 842. The maximum absolute atomic E-state index is 5.28. The Labute approximate surface area is 153 Å². The number of fused-ring (bicyclic) bond motifs is 2. The highest BCUT2D eigenvalue weighted by Crippen LogP contribution is 2.47. The van der Waals surface area contributed by atoms with E-state index in [-0.39, 0.29) is 0 Å². The van der Waals surface area contributed by atoms with E-state index >= 15 is 0 Å². The van der Waals surface area contributed by atoms with Crippen molar-refractivity contribution in [3.63, 3.8) is 0 Å². The Kier molecular flexibility index (Phi) is 3.79. The summed E-state index contributed by atoms with van der Waals surface area (Å²) in [5.41, 5.74) is 6.08. The predicted octanol–water partition coefficient (Wildman–Crippen LogP) is 5.49. The average molecular weight is 349 g/mol. The first-order valence-electron chi connectivity index (χ1n) is 9.23. The Balaban J connectivity index is 1.37. The van der Waals surface area contributed by atoms with Crippen LogP contribution in [0, 0.1) is 0 Å². The van der Waals surface area contributed by atoms with E-state index in [0.717, 1.165) is 6.54 Å². The largest absolute Gasteiger partial charge is 0.472 e. The molecule has 0 unspecified atom stereocenters. The molecule has 0 atom stereocenters. The summed E-state index contributed by atoms with van der Waals surface area (Å²) in [5.74, 6) is 0. The lowest BCUT2D eigenvalue weighted by molar-refractivity contribution is 0.153. The number of nitrogens with zero attached hydrogens (tertiary/aromatic N) is 1. The van der Waals surface area contributed by atoms with E-state index in [1.807, 2.05) is 17.6 Å². The van der Waals surface area contributed by atoms with Crippen molar-refractivity contribution in [3.05, 3.63) is 70.3 Å². The first-order chi connectivity index (χ1) is 12.3. The van der Waals surface area contributed by atoms with Crippen molar-refractivity contribution in [1.82, 2.24) is 4.90 Å². The molecular weight excluding hydrogens is 326 g/mol. The molecule has 0 saturated carbocycles. The van der Waals surface area contributed by atoms with E-state index in [4.69, 9.17) is 4.42 Å². The molecule has 1 saturated heterocycles. The van der Waals surface area contributed by atoms with Gasteiger partial charge in [0.05, 0.1) is 12.5 Å². The van der Waals surface area contributed by atoms with Gasteiger partial charge in [-0.3, -0.25) is 4.90 Å². The second-order valence-electron chi connectivity index (χ2n) is 7.52. The molecule has 2 nitrogen and oxygen atoms in total. The molecule has 128 valence electrons. The standard InChI is InChI=1S/C22H23NOS/c1-2-20(25-13-1)15-23-10-8-22(9-11-23)7-5-17-3-4-18(14-21(17)22)19-6-12-24-16-19/h1-4,6,12-14,16H,5,7-11,15H2. The molecule has 25 heavy (non-hydrogen) atoms. The van der Waals surface area contributed by atoms with Crippen LogP contribution in [0.5, 0.6) is 0 Å². The predicted molar refractivity (Wildman–Crippen MR) is 103 cm³/mol. The van der Waals surface area contributed by atoms with Gasteiger partial charge in [0.2, 0.25) is 0 Å². The van der Waals surface area contributed by atoms with Gasteiger partial charge in [0.25, 0.3) is 0 Å². The van der Waals surface area contributed by atoms with Crippen LogP contribution in [-0.2, 0) is 18.4 Å². The van der Waals surface area contributed by atoms with Crippen LogP contribution in [0.15, 0.2) is 58.7 Å². The van der Waals surface area contributed by atoms with Crippen molar-refractivity contribution < 1.29 is 4.42 Å². The van der Waals surface area contributed by atoms with Gasteiger partial charge in [-0.1, -0.05) is 24.3 Å². The smallest absolute Gasteiger partial charge is 0.0980 e. The maximum Gasteiger partial charge on any atom is 0.0980 e. The van der Waals surface area contributed by atoms with E-state index < -0.39 is 0 Å². The molecule has 3 heteroatoms. The molecule has 1 fully saturated rings. The Hall–Kier alpha value is -1.84. The Morgan fingerprint density at radius 2 is 1.96 bits per heavy atom. The summed E-state index contributed by atoms with van der Waals surface area (Å²) in [6.45, 7) is 3.55. The van der Waals surface area contributed by atoms with E-state index in [2.05, 4.69) is 46.7 Å². The first-order valence-corrected chi connectivity index (χ1v) is 10.1. The fraction of sp³-hybridized carbons (Fsp3) is 0.364. The molecule has 0 amide bonds. The third kappa shape index (κ3) is 2.76. The molecule has 2 aliphatic rings. The van der Waals surface area contributed by atoms with Crippen LogP contribution in [0.1, 0.15) is 35.3 Å². The van der Waals surface area contributed by atoms with Crippen LogP contribution in [0.4, 0.5) is 0 Å². The third-order valence-corrected chi connectivity index (χ3v) is 7.04. The molecule has 0 radical (unpaired) electrons. The molecule has 1 aliphatic heterocycles. The summed E-state index contributed by atoms with van der Waals surface area (Å²) in [6, 6.07) is 13.5. The number of thiophene rings is 1. The van der Waals surface area contributed by atoms with Crippen LogP contribution in [0.3, 0.4) is 0 Å². The number of aryl methyl sites for hydroxylation is 1. The molecule has 1 aliphatic carbocycles. The highest BCUT2D eigenvalue weighted by molar-refractivity contribution is 7.09. The van der Waals surface area contributed by atoms with Gasteiger partial charge in [-0.2, -0.15) is 0 Å². The molecule has 2 aromatic heterocycles. The summed E-state index contributed by atoms with van der Waals surface area (Å²) in [4.78, 5) is 4.12. The summed E-state index contributed by atoms with van der Waals surface area (Å²) < 4.78 is 5.28. The van der Waals surface area contributed by atoms with Crippen LogP contribution < -0.4 is 0 Å². The monoisotopic (exact) mass is 349 g/mol. The average Bonchev–Trinajstić information content (AvgIpc) is 3.39.